The summed E-state index contributed by atoms with van der Waals surface area (Å²) in [7, 11) is 2.08. The van der Waals surface area contributed by atoms with E-state index in [1.165, 1.54) is 6.42 Å². The van der Waals surface area contributed by atoms with Crippen LogP contribution in [0.25, 0.3) is 0 Å². The molecule has 0 radical (unpaired) electrons. The Kier molecular flexibility index (Phi) is 5.86. The molecule has 4 heteroatoms. The summed E-state index contributed by atoms with van der Waals surface area (Å²) < 4.78 is 0. The van der Waals surface area contributed by atoms with Gasteiger partial charge in [-0.25, -0.2) is 9.97 Å². The first-order chi connectivity index (χ1) is 8.49. The maximum absolute atomic E-state index is 6.19. The van der Waals surface area contributed by atoms with E-state index in [1.807, 2.05) is 6.92 Å². The van der Waals surface area contributed by atoms with Crippen molar-refractivity contribution in [2.75, 3.05) is 18.5 Å². The van der Waals surface area contributed by atoms with Gasteiger partial charge in [0.15, 0.2) is 0 Å². The number of hydrogen-bond acceptors (Lipinski definition) is 3. The largest absolute Gasteiger partial charge is 0.359 e. The normalized spacial score (nSPS) is 12.6. The molecular formula is C14H24ClN3. The van der Waals surface area contributed by atoms with E-state index >= 15 is 0 Å². The molecule has 1 aromatic rings. The van der Waals surface area contributed by atoms with Crippen LogP contribution in [-0.2, 0) is 6.42 Å². The lowest BCUT2D eigenvalue weighted by molar-refractivity contribution is 0.556. The van der Waals surface area contributed by atoms with Gasteiger partial charge >= 0.3 is 0 Å². The zero-order valence-electron chi connectivity index (χ0n) is 12.1. The average molecular weight is 270 g/mol. The highest BCUT2D eigenvalue weighted by Crippen LogP contribution is 2.24. The van der Waals surface area contributed by atoms with Crippen LogP contribution < -0.4 is 4.90 Å². The molecule has 1 unspecified atom stereocenters. The lowest BCUT2D eigenvalue weighted by atomic mass is 10.1. The van der Waals surface area contributed by atoms with Gasteiger partial charge in [0.1, 0.15) is 16.8 Å². The Balaban J connectivity index is 2.98. The van der Waals surface area contributed by atoms with Crippen molar-refractivity contribution in [1.29, 1.82) is 0 Å². The molecule has 3 nitrogen and oxygen atoms in total. The third kappa shape index (κ3) is 3.84. The van der Waals surface area contributed by atoms with E-state index in [2.05, 4.69) is 42.7 Å². The minimum Gasteiger partial charge on any atom is -0.359 e. The van der Waals surface area contributed by atoms with Crippen LogP contribution in [0.3, 0.4) is 0 Å². The molecule has 102 valence electrons. The van der Waals surface area contributed by atoms with E-state index in [-0.39, 0.29) is 0 Å². The molecule has 0 amide bonds. The highest BCUT2D eigenvalue weighted by molar-refractivity contribution is 6.30. The Bertz CT molecular complexity index is 393. The number of nitrogens with zero attached hydrogens (tertiary/aromatic N) is 3. The van der Waals surface area contributed by atoms with Crippen LogP contribution >= 0.6 is 11.6 Å². The van der Waals surface area contributed by atoms with Gasteiger partial charge in [0.25, 0.3) is 0 Å². The third-order valence-electron chi connectivity index (χ3n) is 3.22. The molecule has 1 rings (SSSR count). The van der Waals surface area contributed by atoms with E-state index in [1.54, 1.807) is 0 Å². The van der Waals surface area contributed by atoms with Gasteiger partial charge < -0.3 is 4.90 Å². The molecule has 0 fully saturated rings. The van der Waals surface area contributed by atoms with Crippen molar-refractivity contribution < 1.29 is 0 Å². The molecule has 0 N–H and O–H groups in total. The van der Waals surface area contributed by atoms with E-state index in [9.17, 15) is 0 Å². The van der Waals surface area contributed by atoms with Gasteiger partial charge in [-0.05, 0) is 19.3 Å². The summed E-state index contributed by atoms with van der Waals surface area (Å²) in [5, 5.41) is 0.583. The molecular weight excluding hydrogens is 246 g/mol. The van der Waals surface area contributed by atoms with Crippen molar-refractivity contribution in [1.82, 2.24) is 9.97 Å². The molecule has 0 saturated heterocycles. The average Bonchev–Trinajstić information content (AvgIpc) is 2.33. The lowest BCUT2D eigenvalue weighted by Gasteiger charge is -2.24. The Morgan fingerprint density at radius 3 is 2.50 bits per heavy atom. The zero-order valence-corrected chi connectivity index (χ0v) is 12.9. The zero-order chi connectivity index (χ0) is 13.7. The molecule has 0 spiro atoms. The number of aryl methyl sites for hydroxylation is 1. The van der Waals surface area contributed by atoms with Gasteiger partial charge in [-0.3, -0.25) is 0 Å². The summed E-state index contributed by atoms with van der Waals surface area (Å²) >= 11 is 6.19. The molecule has 0 aliphatic heterocycles. The molecule has 0 aliphatic rings. The predicted octanol–water partition coefficient (Wildman–Crippen LogP) is 3.87. The monoisotopic (exact) mass is 269 g/mol. The quantitative estimate of drug-likeness (QED) is 0.734. The fourth-order valence-electron chi connectivity index (χ4n) is 1.91. The molecule has 0 saturated carbocycles. The summed E-state index contributed by atoms with van der Waals surface area (Å²) in [4.78, 5) is 11.2. The minimum absolute atomic E-state index is 0.583. The fraction of sp³-hybridized carbons (Fsp3) is 0.714. The number of anilines is 1. The van der Waals surface area contributed by atoms with Gasteiger partial charge in [0.05, 0.1) is 0 Å². The van der Waals surface area contributed by atoms with E-state index < -0.39 is 0 Å². The Morgan fingerprint density at radius 1 is 1.28 bits per heavy atom. The molecule has 0 aromatic carbocycles. The first kappa shape index (κ1) is 15.2. The van der Waals surface area contributed by atoms with Crippen LogP contribution in [0.1, 0.15) is 45.0 Å². The topological polar surface area (TPSA) is 29.0 Å². The van der Waals surface area contributed by atoms with Gasteiger partial charge in [-0.1, -0.05) is 38.8 Å². The van der Waals surface area contributed by atoms with Crippen molar-refractivity contribution in [3.05, 3.63) is 16.5 Å². The van der Waals surface area contributed by atoms with Crippen molar-refractivity contribution in [2.45, 2.75) is 47.0 Å². The van der Waals surface area contributed by atoms with Gasteiger partial charge in [0.2, 0.25) is 0 Å². The first-order valence-corrected chi connectivity index (χ1v) is 7.11. The maximum Gasteiger partial charge on any atom is 0.137 e. The molecule has 0 aliphatic carbocycles. The summed E-state index contributed by atoms with van der Waals surface area (Å²) in [6.45, 7) is 9.57. The highest BCUT2D eigenvalue weighted by atomic mass is 35.5. The van der Waals surface area contributed by atoms with Gasteiger partial charge in [-0.15, -0.1) is 0 Å². The lowest BCUT2D eigenvalue weighted by Crippen LogP contribution is -2.26. The van der Waals surface area contributed by atoms with E-state index in [0.717, 1.165) is 36.6 Å². The van der Waals surface area contributed by atoms with Gasteiger partial charge in [-0.2, -0.15) is 0 Å². The van der Waals surface area contributed by atoms with Crippen molar-refractivity contribution in [3.8, 4) is 0 Å². The van der Waals surface area contributed by atoms with Crippen LogP contribution in [-0.4, -0.2) is 23.6 Å². The molecule has 0 bridgehead atoms. The van der Waals surface area contributed by atoms with Gasteiger partial charge in [0, 0.05) is 25.6 Å². The van der Waals surface area contributed by atoms with Crippen LogP contribution in [0.15, 0.2) is 0 Å². The molecule has 18 heavy (non-hydrogen) atoms. The summed E-state index contributed by atoms with van der Waals surface area (Å²) in [6.07, 6.45) is 3.09. The molecule has 1 heterocycles. The van der Waals surface area contributed by atoms with Crippen LogP contribution in [0.4, 0.5) is 5.82 Å². The van der Waals surface area contributed by atoms with Crippen LogP contribution in [0, 0.1) is 12.8 Å². The third-order valence-corrected chi connectivity index (χ3v) is 3.59. The second-order valence-electron chi connectivity index (χ2n) is 5.02. The second-order valence-corrected chi connectivity index (χ2v) is 5.38. The highest BCUT2D eigenvalue weighted by Gasteiger charge is 2.14. The number of rotatable bonds is 6. The van der Waals surface area contributed by atoms with Crippen LogP contribution in [0.2, 0.25) is 5.15 Å². The maximum atomic E-state index is 6.19. The van der Waals surface area contributed by atoms with Crippen LogP contribution in [0.5, 0.6) is 0 Å². The SMILES string of the molecule is CCCc1nc(Cl)c(C)c(N(C)CC(C)CC)n1. The summed E-state index contributed by atoms with van der Waals surface area (Å²) in [5.74, 6) is 2.47. The number of halogens is 1. The summed E-state index contributed by atoms with van der Waals surface area (Å²) in [5.41, 5.74) is 0.974. The van der Waals surface area contributed by atoms with Crippen molar-refractivity contribution >= 4 is 17.4 Å². The number of hydrogen-bond donors (Lipinski definition) is 0. The molecule has 1 aromatic heterocycles. The summed E-state index contributed by atoms with van der Waals surface area (Å²) in [6, 6.07) is 0. The fourth-order valence-corrected chi connectivity index (χ4v) is 2.09. The Labute approximate surface area is 116 Å². The van der Waals surface area contributed by atoms with Crippen molar-refractivity contribution in [2.24, 2.45) is 5.92 Å². The van der Waals surface area contributed by atoms with E-state index in [0.29, 0.717) is 11.1 Å². The Hall–Kier alpha value is -0.830. The predicted molar refractivity (Wildman–Crippen MR) is 78.5 cm³/mol. The standard InChI is InChI=1S/C14H24ClN3/c1-6-8-12-16-13(15)11(4)14(17-12)18(5)9-10(3)7-2/h10H,6-9H2,1-5H3. The first-order valence-electron chi connectivity index (χ1n) is 6.73. The molecule has 1 atom stereocenters. The minimum atomic E-state index is 0.583. The Morgan fingerprint density at radius 2 is 1.94 bits per heavy atom. The van der Waals surface area contributed by atoms with Crippen molar-refractivity contribution in [3.63, 3.8) is 0 Å². The smallest absolute Gasteiger partial charge is 0.137 e. The number of aromatic nitrogens is 2. The van der Waals surface area contributed by atoms with E-state index in [4.69, 9.17) is 11.6 Å². The second kappa shape index (κ2) is 6.93.